The first-order valence-electron chi connectivity index (χ1n) is 14.6. The van der Waals surface area contributed by atoms with Crippen molar-refractivity contribution < 1.29 is 4.79 Å². The first-order valence-corrected chi connectivity index (χ1v) is 16.3. The van der Waals surface area contributed by atoms with Gasteiger partial charge in [0.15, 0.2) is 6.29 Å². The lowest BCUT2D eigenvalue weighted by Crippen LogP contribution is -1.86. The average molecular weight is 619 g/mol. The van der Waals surface area contributed by atoms with Gasteiger partial charge in [-0.3, -0.25) is 19.8 Å². The molecule has 2 aliphatic rings. The smallest absolute Gasteiger partial charge is 0.160 e. The minimum atomic E-state index is 0.706. The third kappa shape index (κ3) is 5.48. The molecule has 0 bridgehead atoms. The van der Waals surface area contributed by atoms with Crippen molar-refractivity contribution in [2.45, 2.75) is 12.8 Å². The quantitative estimate of drug-likeness (QED) is 0.110. The highest BCUT2D eigenvalue weighted by molar-refractivity contribution is 7.15. The summed E-state index contributed by atoms with van der Waals surface area (Å²) in [5, 5.41) is 0. The number of benzene rings is 4. The molecule has 8 rings (SSSR count). The Kier molecular flexibility index (Phi) is 6.89. The Morgan fingerprint density at radius 3 is 1.29 bits per heavy atom. The first-order chi connectivity index (χ1) is 22.1. The van der Waals surface area contributed by atoms with Crippen LogP contribution in [0.1, 0.15) is 46.6 Å². The zero-order valence-corrected chi connectivity index (χ0v) is 25.7. The summed E-state index contributed by atoms with van der Waals surface area (Å²) in [6.07, 6.45) is 8.29. The van der Waals surface area contributed by atoms with E-state index < -0.39 is 0 Å². The van der Waals surface area contributed by atoms with Gasteiger partial charge in [0.1, 0.15) is 0 Å². The van der Waals surface area contributed by atoms with E-state index in [1.54, 1.807) is 11.3 Å². The van der Waals surface area contributed by atoms with Crippen LogP contribution >= 0.6 is 22.7 Å². The highest BCUT2D eigenvalue weighted by Crippen LogP contribution is 2.41. The summed E-state index contributed by atoms with van der Waals surface area (Å²) in [5.41, 5.74) is 19.7. The van der Waals surface area contributed by atoms with Crippen molar-refractivity contribution in [2.24, 2.45) is 15.0 Å². The number of aldehydes is 1. The molecule has 2 heterocycles. The molecule has 0 unspecified atom stereocenters. The van der Waals surface area contributed by atoms with E-state index in [0.717, 1.165) is 56.5 Å². The Bertz CT molecular complexity index is 2220. The SMILES string of the molecule is Nc1ccc2c(c1)Cc1cc(N=Cc3ccc(C=Nc4ccc5c(c4)Cc4cc(N=Cc6ccc(C=O)s6)ccc4-5)s3)ccc1-2. The topological polar surface area (TPSA) is 80.2 Å². The Balaban J connectivity index is 0.927. The van der Waals surface area contributed by atoms with Gasteiger partial charge in [-0.05, 0) is 130 Å². The standard InChI is InChI=1S/C38H26N4OS2/c39-27-1-9-35-23(15-27)13-24-16-28(2-10-36(24)35)40-19-31-5-6-32(44-31)20-41-29-3-11-37-25(17-29)14-26-18-30(4-12-38(26)37)42-21-33-7-8-34(22-43)45-33/h1-12,15-22H,13-14,39H2. The summed E-state index contributed by atoms with van der Waals surface area (Å²) < 4.78 is 0. The van der Waals surface area contributed by atoms with Crippen LogP contribution < -0.4 is 5.73 Å². The molecule has 4 aromatic carbocycles. The number of fused-ring (bicyclic) bond motifs is 6. The van der Waals surface area contributed by atoms with E-state index in [9.17, 15) is 4.79 Å². The lowest BCUT2D eigenvalue weighted by Gasteiger charge is -2.02. The van der Waals surface area contributed by atoms with Crippen LogP contribution in [0.25, 0.3) is 22.3 Å². The molecule has 45 heavy (non-hydrogen) atoms. The second kappa shape index (κ2) is 11.4. The van der Waals surface area contributed by atoms with Gasteiger partial charge in [-0.1, -0.05) is 24.3 Å². The fourth-order valence-corrected chi connectivity index (χ4v) is 7.52. The monoisotopic (exact) mass is 618 g/mol. The van der Waals surface area contributed by atoms with Gasteiger partial charge < -0.3 is 5.73 Å². The van der Waals surface area contributed by atoms with Crippen LogP contribution in [-0.2, 0) is 12.8 Å². The molecule has 2 N–H and O–H groups in total. The lowest BCUT2D eigenvalue weighted by molar-refractivity contribution is 0.112. The number of hydrogen-bond donors (Lipinski definition) is 1. The van der Waals surface area contributed by atoms with Crippen LogP contribution in [0.5, 0.6) is 0 Å². The molecule has 2 aliphatic carbocycles. The van der Waals surface area contributed by atoms with Gasteiger partial charge in [-0.25, -0.2) is 0 Å². The predicted molar refractivity (Wildman–Crippen MR) is 190 cm³/mol. The molecule has 6 aromatic rings. The van der Waals surface area contributed by atoms with Gasteiger partial charge in [0.05, 0.1) is 21.9 Å². The van der Waals surface area contributed by atoms with Crippen molar-refractivity contribution in [1.82, 2.24) is 0 Å². The van der Waals surface area contributed by atoms with E-state index in [2.05, 4.69) is 77.8 Å². The molecular formula is C38H26N4OS2. The Morgan fingerprint density at radius 2 is 0.867 bits per heavy atom. The molecular weight excluding hydrogens is 593 g/mol. The van der Waals surface area contributed by atoms with Gasteiger partial charge in [0.2, 0.25) is 0 Å². The van der Waals surface area contributed by atoms with Crippen molar-refractivity contribution in [3.05, 3.63) is 139 Å². The fraction of sp³-hybridized carbons (Fsp3) is 0.0526. The highest BCUT2D eigenvalue weighted by atomic mass is 32.1. The summed E-state index contributed by atoms with van der Waals surface area (Å²) in [6.45, 7) is 0. The summed E-state index contributed by atoms with van der Waals surface area (Å²) in [4.78, 5) is 29.0. The van der Waals surface area contributed by atoms with E-state index in [-0.39, 0.29) is 0 Å². The minimum absolute atomic E-state index is 0.706. The van der Waals surface area contributed by atoms with Crippen molar-refractivity contribution >= 4 is 70.4 Å². The van der Waals surface area contributed by atoms with Crippen LogP contribution in [0, 0.1) is 0 Å². The number of carbonyl (C=O) groups excluding carboxylic acids is 1. The maximum Gasteiger partial charge on any atom is 0.160 e. The highest BCUT2D eigenvalue weighted by Gasteiger charge is 2.20. The zero-order chi connectivity index (χ0) is 30.3. The molecule has 0 saturated heterocycles. The largest absolute Gasteiger partial charge is 0.399 e. The molecule has 0 aliphatic heterocycles. The summed E-state index contributed by atoms with van der Waals surface area (Å²) >= 11 is 3.11. The zero-order valence-electron chi connectivity index (χ0n) is 24.1. The average Bonchev–Trinajstić information content (AvgIpc) is 3.85. The second-order valence-corrected chi connectivity index (χ2v) is 13.5. The number of aliphatic imine (C=N–C) groups is 3. The van der Waals surface area contributed by atoms with Crippen molar-refractivity contribution in [1.29, 1.82) is 0 Å². The number of anilines is 1. The molecule has 7 heteroatoms. The van der Waals surface area contributed by atoms with E-state index in [0.29, 0.717) is 4.88 Å². The fourth-order valence-electron chi connectivity index (χ4n) is 6.06. The third-order valence-corrected chi connectivity index (χ3v) is 10.1. The van der Waals surface area contributed by atoms with Crippen molar-refractivity contribution in [3.63, 3.8) is 0 Å². The number of nitrogen functional groups attached to an aromatic ring is 1. The van der Waals surface area contributed by atoms with Gasteiger partial charge >= 0.3 is 0 Å². The molecule has 0 spiro atoms. The molecule has 216 valence electrons. The van der Waals surface area contributed by atoms with Gasteiger partial charge in [0.25, 0.3) is 0 Å². The number of rotatable bonds is 7. The van der Waals surface area contributed by atoms with Crippen molar-refractivity contribution in [3.8, 4) is 22.3 Å². The normalized spacial score (nSPS) is 13.1. The van der Waals surface area contributed by atoms with E-state index in [4.69, 9.17) is 15.7 Å². The van der Waals surface area contributed by atoms with Gasteiger partial charge in [0, 0.05) is 39.0 Å². The minimum Gasteiger partial charge on any atom is -0.399 e. The number of nitrogens with two attached hydrogens (primary N) is 1. The maximum absolute atomic E-state index is 10.9. The Labute approximate surface area is 268 Å². The molecule has 5 nitrogen and oxygen atoms in total. The second-order valence-electron chi connectivity index (χ2n) is 11.2. The summed E-state index contributed by atoms with van der Waals surface area (Å²) in [7, 11) is 0. The van der Waals surface area contributed by atoms with Crippen LogP contribution in [-0.4, -0.2) is 24.9 Å². The van der Waals surface area contributed by atoms with Gasteiger partial charge in [-0.2, -0.15) is 0 Å². The van der Waals surface area contributed by atoms with E-state index in [1.165, 1.54) is 55.8 Å². The van der Waals surface area contributed by atoms with Gasteiger partial charge in [-0.15, -0.1) is 22.7 Å². The third-order valence-electron chi connectivity index (χ3n) is 8.17. The van der Waals surface area contributed by atoms with E-state index >= 15 is 0 Å². The molecule has 0 fully saturated rings. The number of carbonyl (C=O) groups is 1. The molecule has 0 amide bonds. The van der Waals surface area contributed by atoms with Crippen LogP contribution in [0.15, 0.2) is 112 Å². The number of hydrogen-bond acceptors (Lipinski definition) is 7. The molecule has 2 aromatic heterocycles. The summed E-state index contributed by atoms with van der Waals surface area (Å²) in [6, 6.07) is 33.2. The Morgan fingerprint density at radius 1 is 0.489 bits per heavy atom. The van der Waals surface area contributed by atoms with Crippen LogP contribution in [0.3, 0.4) is 0 Å². The predicted octanol–water partition coefficient (Wildman–Crippen LogP) is 9.60. The number of nitrogens with zero attached hydrogens (tertiary/aromatic N) is 3. The lowest BCUT2D eigenvalue weighted by atomic mass is 10.1. The molecule has 0 saturated carbocycles. The van der Waals surface area contributed by atoms with Crippen molar-refractivity contribution in [2.75, 3.05) is 5.73 Å². The molecule has 0 atom stereocenters. The van der Waals surface area contributed by atoms with E-state index in [1.807, 2.05) is 42.9 Å². The van der Waals surface area contributed by atoms with Crippen LogP contribution in [0.4, 0.5) is 22.7 Å². The van der Waals surface area contributed by atoms with Crippen LogP contribution in [0.2, 0.25) is 0 Å². The first kappa shape index (κ1) is 27.3. The molecule has 0 radical (unpaired) electrons. The number of thiophene rings is 2. The summed E-state index contributed by atoms with van der Waals surface area (Å²) in [5.74, 6) is 0. The Hall–Kier alpha value is -5.24. The maximum atomic E-state index is 10.9.